The van der Waals surface area contributed by atoms with Crippen LogP contribution in [0.4, 0.5) is 15.3 Å². The van der Waals surface area contributed by atoms with Crippen LogP contribution in [-0.2, 0) is 32.0 Å². The number of benzene rings is 3. The highest BCUT2D eigenvalue weighted by Crippen LogP contribution is 2.44. The van der Waals surface area contributed by atoms with E-state index in [1.165, 1.54) is 0 Å². The van der Waals surface area contributed by atoms with Gasteiger partial charge in [0.05, 0.1) is 0 Å². The Morgan fingerprint density at radius 3 is 1.93 bits per heavy atom. The molecule has 8 heteroatoms. The first-order valence-electron chi connectivity index (χ1n) is 14.2. The number of fused-ring (bicyclic) bond motifs is 3. The van der Waals surface area contributed by atoms with Crippen LogP contribution in [0.1, 0.15) is 76.1 Å². The molecule has 2 amide bonds. The van der Waals surface area contributed by atoms with Crippen molar-refractivity contribution >= 4 is 23.8 Å². The molecule has 42 heavy (non-hydrogen) atoms. The van der Waals surface area contributed by atoms with Crippen LogP contribution < -0.4 is 10.6 Å². The Morgan fingerprint density at radius 2 is 1.33 bits per heavy atom. The standard InChI is InChI=1S/C34H40N2O6/c1-33(2,3)41-30(37)18-16-22-15-17-24(19-23(22)20-35-31(38)42-34(4,5)6)36-32(39)40-21-29-27-13-9-7-11-25(27)26-12-8-10-14-28(26)29/h7-15,17,19,29H,16,18,20-21H2,1-6H3,(H,35,38)(H,36,39). The maximum Gasteiger partial charge on any atom is 0.411 e. The second kappa shape index (κ2) is 12.7. The molecule has 8 nitrogen and oxygen atoms in total. The predicted molar refractivity (Wildman–Crippen MR) is 162 cm³/mol. The Labute approximate surface area is 247 Å². The first-order valence-corrected chi connectivity index (χ1v) is 14.2. The molecule has 3 aromatic rings. The molecule has 1 aliphatic carbocycles. The number of hydrogen-bond donors (Lipinski definition) is 2. The van der Waals surface area contributed by atoms with E-state index in [0.717, 1.165) is 33.4 Å². The molecule has 0 bridgehead atoms. The number of rotatable bonds is 8. The predicted octanol–water partition coefficient (Wildman–Crippen LogP) is 7.35. The van der Waals surface area contributed by atoms with Gasteiger partial charge < -0.3 is 19.5 Å². The third-order valence-electron chi connectivity index (χ3n) is 6.64. The van der Waals surface area contributed by atoms with Gasteiger partial charge in [-0.15, -0.1) is 0 Å². The minimum atomic E-state index is -0.642. The van der Waals surface area contributed by atoms with Crippen molar-refractivity contribution in [2.24, 2.45) is 0 Å². The summed E-state index contributed by atoms with van der Waals surface area (Å²) in [5, 5.41) is 5.57. The average molecular weight is 573 g/mol. The van der Waals surface area contributed by atoms with Crippen LogP contribution in [0, 0.1) is 0 Å². The molecule has 2 N–H and O–H groups in total. The van der Waals surface area contributed by atoms with Crippen molar-refractivity contribution in [2.75, 3.05) is 11.9 Å². The Hall–Kier alpha value is -4.33. The van der Waals surface area contributed by atoms with E-state index in [2.05, 4.69) is 34.9 Å². The lowest BCUT2D eigenvalue weighted by Crippen LogP contribution is -2.32. The van der Waals surface area contributed by atoms with Crippen molar-refractivity contribution in [1.82, 2.24) is 5.32 Å². The Kier molecular flexibility index (Phi) is 9.24. The van der Waals surface area contributed by atoms with Crippen LogP contribution >= 0.6 is 0 Å². The van der Waals surface area contributed by atoms with Crippen molar-refractivity contribution < 1.29 is 28.6 Å². The number of hydrogen-bond acceptors (Lipinski definition) is 6. The Morgan fingerprint density at radius 1 is 0.738 bits per heavy atom. The van der Waals surface area contributed by atoms with Gasteiger partial charge in [-0.1, -0.05) is 54.6 Å². The van der Waals surface area contributed by atoms with Gasteiger partial charge in [0.2, 0.25) is 0 Å². The number of carbonyl (C=O) groups is 3. The third kappa shape index (κ3) is 8.35. The second-order valence-electron chi connectivity index (χ2n) is 12.4. The molecule has 0 aromatic heterocycles. The van der Waals surface area contributed by atoms with Crippen LogP contribution in [-0.4, -0.2) is 36.0 Å². The summed E-state index contributed by atoms with van der Waals surface area (Å²) < 4.78 is 16.5. The quantitative estimate of drug-likeness (QED) is 0.216. The molecule has 0 atom stereocenters. The Bertz CT molecular complexity index is 1410. The van der Waals surface area contributed by atoms with Crippen molar-refractivity contribution in [1.29, 1.82) is 0 Å². The number of aryl methyl sites for hydroxylation is 1. The van der Waals surface area contributed by atoms with Crippen molar-refractivity contribution in [3.63, 3.8) is 0 Å². The molecule has 0 heterocycles. The number of alkyl carbamates (subject to hydrolysis) is 1. The van der Waals surface area contributed by atoms with Gasteiger partial charge in [0.1, 0.15) is 17.8 Å². The minimum absolute atomic E-state index is 0.0491. The number of amides is 2. The molecule has 0 saturated carbocycles. The van der Waals surface area contributed by atoms with Gasteiger partial charge in [-0.2, -0.15) is 0 Å². The van der Waals surface area contributed by atoms with Gasteiger partial charge in [0.25, 0.3) is 0 Å². The van der Waals surface area contributed by atoms with E-state index in [1.54, 1.807) is 32.9 Å². The van der Waals surface area contributed by atoms with E-state index >= 15 is 0 Å². The molecule has 0 aliphatic heterocycles. The lowest BCUT2D eigenvalue weighted by Gasteiger charge is -2.21. The number of nitrogens with one attached hydrogen (secondary N) is 2. The van der Waals surface area contributed by atoms with Crippen molar-refractivity contribution in [3.05, 3.63) is 89.0 Å². The summed E-state index contributed by atoms with van der Waals surface area (Å²) in [5.74, 6) is -0.360. The van der Waals surface area contributed by atoms with Gasteiger partial charge in [-0.05, 0) is 93.5 Å². The summed E-state index contributed by atoms with van der Waals surface area (Å²) in [7, 11) is 0. The normalized spacial score (nSPS) is 12.6. The van der Waals surface area contributed by atoms with Gasteiger partial charge in [0.15, 0.2) is 0 Å². The Balaban J connectivity index is 1.43. The van der Waals surface area contributed by atoms with Gasteiger partial charge >= 0.3 is 18.2 Å². The van der Waals surface area contributed by atoms with Crippen molar-refractivity contribution in [2.45, 2.75) is 78.0 Å². The molecule has 1 aliphatic rings. The first-order chi connectivity index (χ1) is 19.8. The zero-order valence-corrected chi connectivity index (χ0v) is 25.2. The minimum Gasteiger partial charge on any atom is -0.460 e. The molecule has 0 saturated heterocycles. The fraction of sp³-hybridized carbons (Fsp3) is 0.382. The summed E-state index contributed by atoms with van der Waals surface area (Å²) in [6.45, 7) is 11.2. The van der Waals surface area contributed by atoms with E-state index in [4.69, 9.17) is 14.2 Å². The fourth-order valence-corrected chi connectivity index (χ4v) is 4.98. The maximum absolute atomic E-state index is 12.9. The highest BCUT2D eigenvalue weighted by molar-refractivity contribution is 5.85. The smallest absolute Gasteiger partial charge is 0.411 e. The summed E-state index contributed by atoms with van der Waals surface area (Å²) >= 11 is 0. The number of ether oxygens (including phenoxy) is 3. The first kappa shape index (κ1) is 30.6. The van der Waals surface area contributed by atoms with E-state index in [0.29, 0.717) is 12.1 Å². The highest BCUT2D eigenvalue weighted by Gasteiger charge is 2.29. The molecule has 0 fully saturated rings. The third-order valence-corrected chi connectivity index (χ3v) is 6.64. The average Bonchev–Trinajstić information content (AvgIpc) is 3.22. The topological polar surface area (TPSA) is 103 Å². The molecular weight excluding hydrogens is 532 g/mol. The SMILES string of the molecule is CC(C)(C)OC(=O)CCc1ccc(NC(=O)OCC2c3ccccc3-c3ccccc32)cc1CNC(=O)OC(C)(C)C. The van der Waals surface area contributed by atoms with E-state index in [-0.39, 0.29) is 31.5 Å². The highest BCUT2D eigenvalue weighted by atomic mass is 16.6. The largest absolute Gasteiger partial charge is 0.460 e. The zero-order chi connectivity index (χ0) is 30.5. The van der Waals surface area contributed by atoms with Crippen molar-refractivity contribution in [3.8, 4) is 11.1 Å². The molecule has 3 aromatic carbocycles. The molecule has 0 spiro atoms. The number of carbonyl (C=O) groups excluding carboxylic acids is 3. The lowest BCUT2D eigenvalue weighted by molar-refractivity contribution is -0.154. The molecule has 222 valence electrons. The van der Waals surface area contributed by atoms with E-state index < -0.39 is 23.4 Å². The summed E-state index contributed by atoms with van der Waals surface area (Å²) in [6.07, 6.45) is -0.554. The fourth-order valence-electron chi connectivity index (χ4n) is 4.98. The van der Waals surface area contributed by atoms with Crippen LogP contribution in [0.25, 0.3) is 11.1 Å². The maximum atomic E-state index is 12.9. The van der Waals surface area contributed by atoms with Crippen LogP contribution in [0.5, 0.6) is 0 Å². The summed E-state index contributed by atoms with van der Waals surface area (Å²) in [6, 6.07) is 21.7. The van der Waals surface area contributed by atoms with E-state index in [1.807, 2.05) is 51.1 Å². The number of esters is 1. The van der Waals surface area contributed by atoms with Gasteiger partial charge in [-0.25, -0.2) is 9.59 Å². The lowest BCUT2D eigenvalue weighted by atomic mass is 9.98. The van der Waals surface area contributed by atoms with Gasteiger partial charge in [-0.3, -0.25) is 10.1 Å². The number of anilines is 1. The zero-order valence-electron chi connectivity index (χ0n) is 25.2. The summed E-state index contributed by atoms with van der Waals surface area (Å²) in [5.41, 5.74) is 5.46. The molecule has 0 radical (unpaired) electrons. The van der Waals surface area contributed by atoms with Crippen LogP contribution in [0.3, 0.4) is 0 Å². The van der Waals surface area contributed by atoms with Crippen LogP contribution in [0.15, 0.2) is 66.7 Å². The van der Waals surface area contributed by atoms with E-state index in [9.17, 15) is 14.4 Å². The summed E-state index contributed by atoms with van der Waals surface area (Å²) in [4.78, 5) is 37.5. The molecular formula is C34H40N2O6. The monoisotopic (exact) mass is 572 g/mol. The van der Waals surface area contributed by atoms with Crippen LogP contribution in [0.2, 0.25) is 0 Å². The molecule has 4 rings (SSSR count). The van der Waals surface area contributed by atoms with Gasteiger partial charge in [0, 0.05) is 24.6 Å². The molecule has 0 unspecified atom stereocenters. The second-order valence-corrected chi connectivity index (χ2v) is 12.4.